The molecule has 2 atom stereocenters. The summed E-state index contributed by atoms with van der Waals surface area (Å²) >= 11 is 6.13. The molecule has 5 heteroatoms. The van der Waals surface area contributed by atoms with Crippen LogP contribution in [0.25, 0.3) is 0 Å². The lowest BCUT2D eigenvalue weighted by Gasteiger charge is -2.35. The van der Waals surface area contributed by atoms with Crippen LogP contribution in [0.4, 0.5) is 5.69 Å². The molecule has 1 aromatic rings. The third kappa shape index (κ3) is 3.89. The van der Waals surface area contributed by atoms with E-state index in [1.54, 1.807) is 18.2 Å². The van der Waals surface area contributed by atoms with E-state index in [1.165, 1.54) is 0 Å². The fourth-order valence-electron chi connectivity index (χ4n) is 2.90. The van der Waals surface area contributed by atoms with Gasteiger partial charge in [-0.3, -0.25) is 4.79 Å². The zero-order chi connectivity index (χ0) is 15.5. The molecule has 1 amide bonds. The van der Waals surface area contributed by atoms with E-state index in [0.717, 1.165) is 25.7 Å². The van der Waals surface area contributed by atoms with Gasteiger partial charge in [-0.2, -0.15) is 0 Å². The van der Waals surface area contributed by atoms with Crippen LogP contribution in [0.2, 0.25) is 5.02 Å². The number of carbonyl (C=O) groups is 1. The summed E-state index contributed by atoms with van der Waals surface area (Å²) in [5, 5.41) is 3.36. The minimum atomic E-state index is -0.775. The lowest BCUT2D eigenvalue weighted by atomic mass is 9.76. The standard InChI is InChI=1S/C16H23ClN2O2/c1-3-21-14-7-6-12(9-13(14)17)19-15(20)16(18)8-4-5-11(2)10-16/h6-7,9,11H,3-5,8,10,18H2,1-2H3,(H,19,20). The first-order chi connectivity index (χ1) is 9.94. The molecule has 0 bridgehead atoms. The summed E-state index contributed by atoms with van der Waals surface area (Å²) in [5.41, 5.74) is 6.16. The zero-order valence-corrected chi connectivity index (χ0v) is 13.4. The van der Waals surface area contributed by atoms with Gasteiger partial charge in [0.25, 0.3) is 0 Å². The van der Waals surface area contributed by atoms with Crippen molar-refractivity contribution in [2.45, 2.75) is 45.1 Å². The molecule has 2 rings (SSSR count). The number of anilines is 1. The Morgan fingerprint density at radius 2 is 2.33 bits per heavy atom. The van der Waals surface area contributed by atoms with E-state index in [2.05, 4.69) is 12.2 Å². The molecule has 0 radical (unpaired) electrons. The van der Waals surface area contributed by atoms with E-state index in [0.29, 0.717) is 29.0 Å². The number of amides is 1. The molecular weight excluding hydrogens is 288 g/mol. The molecule has 116 valence electrons. The smallest absolute Gasteiger partial charge is 0.244 e. The Morgan fingerprint density at radius 3 is 2.95 bits per heavy atom. The van der Waals surface area contributed by atoms with Crippen LogP contribution in [0.3, 0.4) is 0 Å². The van der Waals surface area contributed by atoms with Crippen LogP contribution < -0.4 is 15.8 Å². The van der Waals surface area contributed by atoms with Gasteiger partial charge in [0, 0.05) is 5.69 Å². The molecule has 0 aliphatic heterocycles. The molecular formula is C16H23ClN2O2. The summed E-state index contributed by atoms with van der Waals surface area (Å²) in [6, 6.07) is 5.23. The average Bonchev–Trinajstić information content (AvgIpc) is 2.41. The van der Waals surface area contributed by atoms with Gasteiger partial charge in [0.15, 0.2) is 0 Å². The maximum absolute atomic E-state index is 12.4. The van der Waals surface area contributed by atoms with Gasteiger partial charge in [-0.1, -0.05) is 31.4 Å². The molecule has 1 aliphatic carbocycles. The number of ether oxygens (including phenoxy) is 1. The Kier molecular flexibility index (Phi) is 5.12. The van der Waals surface area contributed by atoms with Crippen molar-refractivity contribution in [3.05, 3.63) is 23.2 Å². The van der Waals surface area contributed by atoms with Crippen LogP contribution in [-0.4, -0.2) is 18.1 Å². The normalized spacial score (nSPS) is 25.4. The molecule has 0 spiro atoms. The Labute approximate surface area is 131 Å². The summed E-state index contributed by atoms with van der Waals surface area (Å²) in [6.45, 7) is 4.59. The molecule has 1 fully saturated rings. The van der Waals surface area contributed by atoms with Gasteiger partial charge >= 0.3 is 0 Å². The summed E-state index contributed by atoms with van der Waals surface area (Å²) in [7, 11) is 0. The lowest BCUT2D eigenvalue weighted by Crippen LogP contribution is -2.53. The van der Waals surface area contributed by atoms with Crippen molar-refractivity contribution in [1.29, 1.82) is 0 Å². The number of hydrogen-bond donors (Lipinski definition) is 2. The van der Waals surface area contributed by atoms with E-state index in [1.807, 2.05) is 6.92 Å². The number of nitrogens with two attached hydrogens (primary N) is 1. The Balaban J connectivity index is 2.07. The molecule has 21 heavy (non-hydrogen) atoms. The number of benzene rings is 1. The van der Waals surface area contributed by atoms with Gasteiger partial charge in [-0.15, -0.1) is 0 Å². The molecule has 4 nitrogen and oxygen atoms in total. The third-order valence-electron chi connectivity index (χ3n) is 3.97. The SMILES string of the molecule is CCOc1ccc(NC(=O)C2(N)CCCC(C)C2)cc1Cl. The molecule has 1 aliphatic rings. The van der Waals surface area contributed by atoms with Gasteiger partial charge in [0.1, 0.15) is 5.75 Å². The van der Waals surface area contributed by atoms with Crippen LogP contribution >= 0.6 is 11.6 Å². The minimum Gasteiger partial charge on any atom is -0.492 e. The average molecular weight is 311 g/mol. The van der Waals surface area contributed by atoms with Gasteiger partial charge < -0.3 is 15.8 Å². The molecule has 1 saturated carbocycles. The summed E-state index contributed by atoms with van der Waals surface area (Å²) in [5.74, 6) is 0.971. The topological polar surface area (TPSA) is 64.3 Å². The summed E-state index contributed by atoms with van der Waals surface area (Å²) in [6.07, 6.45) is 3.59. The van der Waals surface area contributed by atoms with Crippen molar-refractivity contribution in [2.24, 2.45) is 11.7 Å². The first-order valence-corrected chi connectivity index (χ1v) is 7.85. The molecule has 0 aromatic heterocycles. The van der Waals surface area contributed by atoms with Crippen molar-refractivity contribution in [1.82, 2.24) is 0 Å². The van der Waals surface area contributed by atoms with Gasteiger partial charge in [0.2, 0.25) is 5.91 Å². The summed E-state index contributed by atoms with van der Waals surface area (Å²) in [4.78, 5) is 12.4. The van der Waals surface area contributed by atoms with E-state index >= 15 is 0 Å². The largest absolute Gasteiger partial charge is 0.492 e. The van der Waals surface area contributed by atoms with Gasteiger partial charge in [0.05, 0.1) is 17.2 Å². The van der Waals surface area contributed by atoms with Crippen molar-refractivity contribution < 1.29 is 9.53 Å². The van der Waals surface area contributed by atoms with Crippen LogP contribution in [-0.2, 0) is 4.79 Å². The number of rotatable bonds is 4. The van der Waals surface area contributed by atoms with Crippen molar-refractivity contribution in [3.8, 4) is 5.75 Å². The molecule has 2 unspecified atom stereocenters. The monoisotopic (exact) mass is 310 g/mol. The van der Waals surface area contributed by atoms with E-state index < -0.39 is 5.54 Å². The maximum atomic E-state index is 12.4. The Hall–Kier alpha value is -1.26. The van der Waals surface area contributed by atoms with Crippen LogP contribution in [0, 0.1) is 5.92 Å². The lowest BCUT2D eigenvalue weighted by molar-refractivity contribution is -0.122. The molecule has 3 N–H and O–H groups in total. The molecule has 0 heterocycles. The highest BCUT2D eigenvalue weighted by atomic mass is 35.5. The van der Waals surface area contributed by atoms with Crippen LogP contribution in [0.5, 0.6) is 5.75 Å². The van der Waals surface area contributed by atoms with Crippen molar-refractivity contribution in [3.63, 3.8) is 0 Å². The number of hydrogen-bond acceptors (Lipinski definition) is 3. The fraction of sp³-hybridized carbons (Fsp3) is 0.562. The number of halogens is 1. The second kappa shape index (κ2) is 6.67. The van der Waals surface area contributed by atoms with Crippen LogP contribution in [0.15, 0.2) is 18.2 Å². The fourth-order valence-corrected chi connectivity index (χ4v) is 3.14. The van der Waals surface area contributed by atoms with Gasteiger partial charge in [-0.25, -0.2) is 0 Å². The highest BCUT2D eigenvalue weighted by Gasteiger charge is 2.37. The van der Waals surface area contributed by atoms with E-state index in [4.69, 9.17) is 22.1 Å². The Bertz CT molecular complexity index is 521. The predicted octanol–water partition coefficient (Wildman–Crippen LogP) is 3.58. The Morgan fingerprint density at radius 1 is 1.57 bits per heavy atom. The van der Waals surface area contributed by atoms with Gasteiger partial charge in [-0.05, 0) is 43.9 Å². The number of nitrogens with one attached hydrogen (secondary N) is 1. The highest BCUT2D eigenvalue weighted by Crippen LogP contribution is 2.32. The first-order valence-electron chi connectivity index (χ1n) is 7.47. The molecule has 1 aromatic carbocycles. The zero-order valence-electron chi connectivity index (χ0n) is 12.6. The summed E-state index contributed by atoms with van der Waals surface area (Å²) < 4.78 is 5.38. The number of carbonyl (C=O) groups excluding carboxylic acids is 1. The maximum Gasteiger partial charge on any atom is 0.244 e. The predicted molar refractivity (Wildman–Crippen MR) is 85.8 cm³/mol. The van der Waals surface area contributed by atoms with Crippen molar-refractivity contribution in [2.75, 3.05) is 11.9 Å². The van der Waals surface area contributed by atoms with E-state index in [9.17, 15) is 4.79 Å². The van der Waals surface area contributed by atoms with Crippen molar-refractivity contribution >= 4 is 23.2 Å². The van der Waals surface area contributed by atoms with E-state index in [-0.39, 0.29) is 5.91 Å². The molecule has 0 saturated heterocycles. The second-order valence-electron chi connectivity index (χ2n) is 5.89. The first kappa shape index (κ1) is 16.1. The highest BCUT2D eigenvalue weighted by molar-refractivity contribution is 6.32. The second-order valence-corrected chi connectivity index (χ2v) is 6.30. The quantitative estimate of drug-likeness (QED) is 0.893. The third-order valence-corrected chi connectivity index (χ3v) is 4.27. The van der Waals surface area contributed by atoms with Crippen LogP contribution in [0.1, 0.15) is 39.5 Å². The minimum absolute atomic E-state index is 0.130.